The molecule has 0 saturated carbocycles. The number of anilines is 2. The van der Waals surface area contributed by atoms with Gasteiger partial charge in [0.25, 0.3) is 5.91 Å². The van der Waals surface area contributed by atoms with Crippen molar-refractivity contribution in [2.75, 3.05) is 50.6 Å². The number of carbonyl (C=O) groups excluding carboxylic acids is 1. The highest BCUT2D eigenvalue weighted by atomic mass is 35.5. The van der Waals surface area contributed by atoms with E-state index in [2.05, 4.69) is 15.2 Å². The van der Waals surface area contributed by atoms with E-state index >= 15 is 0 Å². The maximum absolute atomic E-state index is 12.7. The van der Waals surface area contributed by atoms with Crippen molar-refractivity contribution >= 4 is 29.0 Å². The Bertz CT molecular complexity index is 911. The van der Waals surface area contributed by atoms with Gasteiger partial charge in [0.05, 0.1) is 24.8 Å². The Morgan fingerprint density at radius 2 is 1.77 bits per heavy atom. The number of aromatic nitrogens is 1. The van der Waals surface area contributed by atoms with Crippen LogP contribution in [0.15, 0.2) is 30.5 Å². The Morgan fingerprint density at radius 1 is 1.06 bits per heavy atom. The van der Waals surface area contributed by atoms with Gasteiger partial charge < -0.3 is 24.6 Å². The molecule has 1 aromatic heterocycles. The number of nitrogens with one attached hydrogen (secondary N) is 1. The van der Waals surface area contributed by atoms with Crippen molar-refractivity contribution in [1.29, 1.82) is 0 Å². The van der Waals surface area contributed by atoms with Crippen LogP contribution in [0.1, 0.15) is 36.0 Å². The number of carbonyl (C=O) groups is 1. The molecule has 1 atom stereocenters. The van der Waals surface area contributed by atoms with Crippen molar-refractivity contribution in [3.8, 4) is 11.5 Å². The molecule has 4 rings (SSSR count). The number of halogens is 1. The first-order valence-electron chi connectivity index (χ1n) is 10.8. The first-order chi connectivity index (χ1) is 15.1. The third kappa shape index (κ3) is 4.98. The standard InChI is InChI=1S/C23H29ClN4O3/c1-30-19-11-18(12-20(13-19)31-2)28-9-6-17(15-28)26-22-21(24)10-16(14-25-22)23(29)27-7-4-3-5-8-27/h10-14,17H,3-9,15H2,1-2H3,(H,25,26). The highest BCUT2D eigenvalue weighted by Crippen LogP contribution is 2.31. The summed E-state index contributed by atoms with van der Waals surface area (Å²) in [4.78, 5) is 21.3. The van der Waals surface area contributed by atoms with Crippen LogP contribution in [0.4, 0.5) is 11.5 Å². The van der Waals surface area contributed by atoms with E-state index in [1.165, 1.54) is 6.42 Å². The molecule has 2 aromatic rings. The van der Waals surface area contributed by atoms with Crippen LogP contribution in [0.2, 0.25) is 5.02 Å². The quantitative estimate of drug-likeness (QED) is 0.724. The Kier molecular flexibility index (Phi) is 6.70. The lowest BCUT2D eigenvalue weighted by Gasteiger charge is -2.26. The van der Waals surface area contributed by atoms with Crippen molar-refractivity contribution in [3.63, 3.8) is 0 Å². The van der Waals surface area contributed by atoms with Gasteiger partial charge in [-0.15, -0.1) is 0 Å². The number of piperidine rings is 1. The number of hydrogen-bond donors (Lipinski definition) is 1. The molecule has 0 bridgehead atoms. The van der Waals surface area contributed by atoms with E-state index in [4.69, 9.17) is 21.1 Å². The third-order valence-electron chi connectivity index (χ3n) is 5.96. The zero-order chi connectivity index (χ0) is 21.8. The number of pyridine rings is 1. The molecule has 0 radical (unpaired) electrons. The fourth-order valence-electron chi connectivity index (χ4n) is 4.22. The first-order valence-corrected chi connectivity index (χ1v) is 11.1. The summed E-state index contributed by atoms with van der Waals surface area (Å²) in [6.45, 7) is 3.33. The van der Waals surface area contributed by atoms with Gasteiger partial charge in [-0.2, -0.15) is 0 Å². The van der Waals surface area contributed by atoms with E-state index in [-0.39, 0.29) is 11.9 Å². The topological polar surface area (TPSA) is 66.9 Å². The number of nitrogens with zero attached hydrogens (tertiary/aromatic N) is 3. The molecule has 1 aromatic carbocycles. The lowest BCUT2D eigenvalue weighted by atomic mass is 10.1. The molecule has 2 fully saturated rings. The lowest BCUT2D eigenvalue weighted by molar-refractivity contribution is 0.0724. The van der Waals surface area contributed by atoms with Gasteiger partial charge in [0.2, 0.25) is 0 Å². The van der Waals surface area contributed by atoms with E-state index in [1.54, 1.807) is 26.5 Å². The molecule has 2 aliphatic rings. The number of methoxy groups -OCH3 is 2. The van der Waals surface area contributed by atoms with Gasteiger partial charge in [0, 0.05) is 62.3 Å². The van der Waals surface area contributed by atoms with Crippen LogP contribution >= 0.6 is 11.6 Å². The van der Waals surface area contributed by atoms with Crippen LogP contribution in [-0.2, 0) is 0 Å². The average molecular weight is 445 g/mol. The fraction of sp³-hybridized carbons (Fsp3) is 0.478. The molecule has 2 saturated heterocycles. The Balaban J connectivity index is 1.40. The molecule has 7 nitrogen and oxygen atoms in total. The predicted octanol–water partition coefficient (Wildman–Crippen LogP) is 4.07. The number of benzene rings is 1. The SMILES string of the molecule is COc1cc(OC)cc(N2CCC(Nc3ncc(C(=O)N4CCCCC4)cc3Cl)C2)c1. The van der Waals surface area contributed by atoms with Crippen molar-refractivity contribution in [1.82, 2.24) is 9.88 Å². The molecular weight excluding hydrogens is 416 g/mol. The van der Waals surface area contributed by atoms with Crippen LogP contribution < -0.4 is 19.7 Å². The summed E-state index contributed by atoms with van der Waals surface area (Å²) < 4.78 is 10.8. The van der Waals surface area contributed by atoms with Crippen LogP contribution in [0.5, 0.6) is 11.5 Å². The number of rotatable bonds is 6. The summed E-state index contributed by atoms with van der Waals surface area (Å²) >= 11 is 6.48. The zero-order valence-electron chi connectivity index (χ0n) is 18.1. The minimum atomic E-state index is 0.0136. The lowest BCUT2D eigenvalue weighted by Crippen LogP contribution is -2.35. The summed E-state index contributed by atoms with van der Waals surface area (Å²) in [6.07, 6.45) is 5.89. The molecule has 1 N–H and O–H groups in total. The van der Waals surface area contributed by atoms with Gasteiger partial charge >= 0.3 is 0 Å². The second kappa shape index (κ2) is 9.64. The number of ether oxygens (including phenoxy) is 2. The highest BCUT2D eigenvalue weighted by Gasteiger charge is 2.25. The molecule has 2 aliphatic heterocycles. The predicted molar refractivity (Wildman–Crippen MR) is 123 cm³/mol. The van der Waals surface area contributed by atoms with Crippen LogP contribution in [0.3, 0.4) is 0 Å². The summed E-state index contributed by atoms with van der Waals surface area (Å²) in [6, 6.07) is 7.82. The van der Waals surface area contributed by atoms with E-state index in [1.807, 2.05) is 23.1 Å². The number of hydrogen-bond acceptors (Lipinski definition) is 6. The molecule has 8 heteroatoms. The molecule has 31 heavy (non-hydrogen) atoms. The molecule has 1 amide bonds. The summed E-state index contributed by atoms with van der Waals surface area (Å²) in [5, 5.41) is 3.92. The van der Waals surface area contributed by atoms with Gasteiger partial charge in [0.1, 0.15) is 17.3 Å². The molecule has 0 aliphatic carbocycles. The smallest absolute Gasteiger partial charge is 0.255 e. The van der Waals surface area contributed by atoms with Crippen LogP contribution in [0, 0.1) is 0 Å². The molecule has 1 unspecified atom stereocenters. The van der Waals surface area contributed by atoms with Crippen LogP contribution in [0.25, 0.3) is 0 Å². The molecule has 166 valence electrons. The molecule has 3 heterocycles. The van der Waals surface area contributed by atoms with E-state index < -0.39 is 0 Å². The van der Waals surface area contributed by atoms with Crippen molar-refractivity contribution < 1.29 is 14.3 Å². The molecule has 0 spiro atoms. The van der Waals surface area contributed by atoms with Gasteiger partial charge in [-0.05, 0) is 31.7 Å². The van der Waals surface area contributed by atoms with Gasteiger partial charge in [-0.3, -0.25) is 4.79 Å². The summed E-state index contributed by atoms with van der Waals surface area (Å²) in [7, 11) is 3.31. The van der Waals surface area contributed by atoms with Gasteiger partial charge in [0.15, 0.2) is 0 Å². The second-order valence-electron chi connectivity index (χ2n) is 8.05. The highest BCUT2D eigenvalue weighted by molar-refractivity contribution is 6.33. The van der Waals surface area contributed by atoms with Crippen molar-refractivity contribution in [3.05, 3.63) is 41.0 Å². The van der Waals surface area contributed by atoms with E-state index in [9.17, 15) is 4.79 Å². The summed E-state index contributed by atoms with van der Waals surface area (Å²) in [5.74, 6) is 2.17. The largest absolute Gasteiger partial charge is 0.497 e. The van der Waals surface area contributed by atoms with Crippen LogP contribution in [-0.4, -0.2) is 62.2 Å². The zero-order valence-corrected chi connectivity index (χ0v) is 18.8. The van der Waals surface area contributed by atoms with E-state index in [0.29, 0.717) is 16.4 Å². The minimum absolute atomic E-state index is 0.0136. The first kappa shape index (κ1) is 21.6. The number of amides is 1. The Labute approximate surface area is 188 Å². The minimum Gasteiger partial charge on any atom is -0.497 e. The van der Waals surface area contributed by atoms with Crippen molar-refractivity contribution in [2.45, 2.75) is 31.7 Å². The normalized spacial score (nSPS) is 18.7. The van der Waals surface area contributed by atoms with Gasteiger partial charge in [-0.1, -0.05) is 11.6 Å². The van der Waals surface area contributed by atoms with E-state index in [0.717, 1.165) is 62.6 Å². The third-order valence-corrected chi connectivity index (χ3v) is 6.25. The van der Waals surface area contributed by atoms with Crippen molar-refractivity contribution in [2.24, 2.45) is 0 Å². The number of likely N-dealkylation sites (tertiary alicyclic amines) is 1. The Hall–Kier alpha value is -2.67. The average Bonchev–Trinajstić information content (AvgIpc) is 3.28. The summed E-state index contributed by atoms with van der Waals surface area (Å²) in [5.41, 5.74) is 1.61. The second-order valence-corrected chi connectivity index (χ2v) is 8.46. The maximum atomic E-state index is 12.7. The van der Waals surface area contributed by atoms with Gasteiger partial charge in [-0.25, -0.2) is 4.98 Å². The monoisotopic (exact) mass is 444 g/mol. The molecular formula is C23H29ClN4O3. The maximum Gasteiger partial charge on any atom is 0.255 e. The Morgan fingerprint density at radius 3 is 2.42 bits per heavy atom. The fourth-order valence-corrected chi connectivity index (χ4v) is 4.44.